The number of hydrogen-bond acceptors (Lipinski definition) is 5. The van der Waals surface area contributed by atoms with Crippen molar-refractivity contribution in [3.8, 4) is 11.5 Å². The molecule has 148 valence electrons. The van der Waals surface area contributed by atoms with Gasteiger partial charge in [0.15, 0.2) is 11.5 Å². The van der Waals surface area contributed by atoms with Gasteiger partial charge < -0.3 is 25.4 Å². The second-order valence-corrected chi connectivity index (χ2v) is 6.03. The van der Waals surface area contributed by atoms with Crippen molar-refractivity contribution in [2.45, 2.75) is 20.4 Å². The third kappa shape index (κ3) is 5.73. The molecular formula is C20H23N3O5. The summed E-state index contributed by atoms with van der Waals surface area (Å²) in [5, 5.41) is 8.03. The molecule has 3 N–H and O–H groups in total. The fourth-order valence-electron chi connectivity index (χ4n) is 2.58. The Morgan fingerprint density at radius 1 is 0.821 bits per heavy atom. The molecule has 0 fully saturated rings. The molecule has 0 bridgehead atoms. The van der Waals surface area contributed by atoms with E-state index in [2.05, 4.69) is 16.0 Å². The Bertz CT molecular complexity index is 861. The van der Waals surface area contributed by atoms with Gasteiger partial charge in [-0.1, -0.05) is 6.07 Å². The molecule has 0 spiro atoms. The van der Waals surface area contributed by atoms with Gasteiger partial charge in [0.25, 0.3) is 5.91 Å². The van der Waals surface area contributed by atoms with Gasteiger partial charge in [-0.05, 0) is 35.9 Å². The molecule has 8 heteroatoms. The number of carbonyl (C=O) groups is 3. The third-order valence-corrected chi connectivity index (χ3v) is 3.74. The second-order valence-electron chi connectivity index (χ2n) is 6.03. The van der Waals surface area contributed by atoms with Crippen molar-refractivity contribution in [2.24, 2.45) is 0 Å². The number of anilines is 2. The van der Waals surface area contributed by atoms with Crippen LogP contribution in [-0.4, -0.2) is 31.9 Å². The van der Waals surface area contributed by atoms with Crippen LogP contribution in [-0.2, 0) is 16.1 Å². The molecule has 2 aromatic rings. The van der Waals surface area contributed by atoms with Crippen LogP contribution >= 0.6 is 0 Å². The van der Waals surface area contributed by atoms with E-state index in [-0.39, 0.29) is 24.3 Å². The first-order valence-electron chi connectivity index (χ1n) is 8.51. The lowest BCUT2D eigenvalue weighted by Gasteiger charge is -2.12. The van der Waals surface area contributed by atoms with E-state index in [1.807, 2.05) is 6.07 Å². The Morgan fingerprint density at radius 3 is 1.89 bits per heavy atom. The maximum atomic E-state index is 12.6. The Kier molecular flexibility index (Phi) is 6.97. The van der Waals surface area contributed by atoms with Crippen LogP contribution in [0.4, 0.5) is 11.4 Å². The van der Waals surface area contributed by atoms with Crippen LogP contribution in [0.3, 0.4) is 0 Å². The van der Waals surface area contributed by atoms with Gasteiger partial charge in [0.1, 0.15) is 0 Å². The van der Waals surface area contributed by atoms with Gasteiger partial charge in [-0.25, -0.2) is 0 Å². The summed E-state index contributed by atoms with van der Waals surface area (Å²) in [6, 6.07) is 10.0. The Balaban J connectivity index is 2.18. The standard InChI is InChI=1S/C20H23N3O5/c1-12(24)22-16-8-15(9-17(10-16)23-13(2)25)20(26)21-11-14-5-6-18(27-3)19(7-14)28-4/h5-10H,11H2,1-4H3,(H,21,26)(H,22,24)(H,23,25). The van der Waals surface area contributed by atoms with E-state index in [4.69, 9.17) is 9.47 Å². The zero-order chi connectivity index (χ0) is 20.7. The minimum Gasteiger partial charge on any atom is -0.493 e. The van der Waals surface area contributed by atoms with E-state index in [0.29, 0.717) is 28.4 Å². The highest BCUT2D eigenvalue weighted by Crippen LogP contribution is 2.27. The van der Waals surface area contributed by atoms with Crippen molar-refractivity contribution in [1.82, 2.24) is 5.32 Å². The van der Waals surface area contributed by atoms with Gasteiger partial charge in [-0.2, -0.15) is 0 Å². The number of hydrogen-bond donors (Lipinski definition) is 3. The number of nitrogens with one attached hydrogen (secondary N) is 3. The molecule has 0 aliphatic heterocycles. The van der Waals surface area contributed by atoms with E-state index in [0.717, 1.165) is 5.56 Å². The van der Waals surface area contributed by atoms with Crippen molar-refractivity contribution in [3.05, 3.63) is 47.5 Å². The summed E-state index contributed by atoms with van der Waals surface area (Å²) >= 11 is 0. The Morgan fingerprint density at radius 2 is 1.39 bits per heavy atom. The van der Waals surface area contributed by atoms with Crippen molar-refractivity contribution in [3.63, 3.8) is 0 Å². The molecule has 8 nitrogen and oxygen atoms in total. The van der Waals surface area contributed by atoms with Gasteiger partial charge in [0.2, 0.25) is 11.8 Å². The maximum Gasteiger partial charge on any atom is 0.251 e. The molecular weight excluding hydrogens is 362 g/mol. The van der Waals surface area contributed by atoms with Gasteiger partial charge in [0.05, 0.1) is 14.2 Å². The zero-order valence-corrected chi connectivity index (χ0v) is 16.2. The highest BCUT2D eigenvalue weighted by Gasteiger charge is 2.11. The van der Waals surface area contributed by atoms with Crippen LogP contribution in [0.1, 0.15) is 29.8 Å². The first-order valence-corrected chi connectivity index (χ1v) is 8.51. The van der Waals surface area contributed by atoms with Gasteiger partial charge >= 0.3 is 0 Å². The Hall–Kier alpha value is -3.55. The SMILES string of the molecule is COc1ccc(CNC(=O)c2cc(NC(C)=O)cc(NC(C)=O)c2)cc1OC. The summed E-state index contributed by atoms with van der Waals surface area (Å²) in [6.07, 6.45) is 0. The number of amides is 3. The van der Waals surface area contributed by atoms with Crippen LogP contribution in [0.2, 0.25) is 0 Å². The largest absolute Gasteiger partial charge is 0.493 e. The average Bonchev–Trinajstić information content (AvgIpc) is 2.64. The molecule has 0 saturated carbocycles. The molecule has 2 aromatic carbocycles. The number of carbonyl (C=O) groups excluding carboxylic acids is 3. The number of benzene rings is 2. The quantitative estimate of drug-likeness (QED) is 0.679. The molecule has 0 unspecified atom stereocenters. The number of rotatable bonds is 7. The van der Waals surface area contributed by atoms with E-state index in [1.165, 1.54) is 33.1 Å². The van der Waals surface area contributed by atoms with Gasteiger partial charge in [0, 0.05) is 37.3 Å². The molecule has 0 atom stereocenters. The van der Waals surface area contributed by atoms with E-state index >= 15 is 0 Å². The predicted molar refractivity (Wildman–Crippen MR) is 106 cm³/mol. The smallest absolute Gasteiger partial charge is 0.251 e. The summed E-state index contributed by atoms with van der Waals surface area (Å²) in [5.74, 6) is 0.247. The molecule has 0 radical (unpaired) electrons. The first-order chi connectivity index (χ1) is 13.3. The fourth-order valence-corrected chi connectivity index (χ4v) is 2.58. The monoisotopic (exact) mass is 385 g/mol. The van der Waals surface area contributed by atoms with Crippen molar-refractivity contribution in [2.75, 3.05) is 24.9 Å². The summed E-state index contributed by atoms with van der Waals surface area (Å²) in [7, 11) is 3.09. The first kappa shape index (κ1) is 20.8. The van der Waals surface area contributed by atoms with Crippen molar-refractivity contribution < 1.29 is 23.9 Å². The van der Waals surface area contributed by atoms with E-state index in [9.17, 15) is 14.4 Å². The molecule has 0 saturated heterocycles. The van der Waals surface area contributed by atoms with Gasteiger partial charge in [-0.15, -0.1) is 0 Å². The molecule has 28 heavy (non-hydrogen) atoms. The van der Waals surface area contributed by atoms with Crippen molar-refractivity contribution >= 4 is 29.1 Å². The van der Waals surface area contributed by atoms with Crippen LogP contribution in [0, 0.1) is 0 Å². The topological polar surface area (TPSA) is 106 Å². The number of methoxy groups -OCH3 is 2. The summed E-state index contributed by atoms with van der Waals surface area (Å²) < 4.78 is 10.5. The highest BCUT2D eigenvalue weighted by atomic mass is 16.5. The van der Waals surface area contributed by atoms with Gasteiger partial charge in [-0.3, -0.25) is 14.4 Å². The highest BCUT2D eigenvalue weighted by molar-refractivity contribution is 5.99. The van der Waals surface area contributed by atoms with Crippen LogP contribution in [0.25, 0.3) is 0 Å². The molecule has 0 aliphatic carbocycles. The molecule has 2 rings (SSSR count). The summed E-state index contributed by atoms with van der Waals surface area (Å²) in [6.45, 7) is 2.99. The summed E-state index contributed by atoms with van der Waals surface area (Å²) in [5.41, 5.74) is 1.95. The minimum atomic E-state index is -0.353. The molecule has 0 heterocycles. The lowest BCUT2D eigenvalue weighted by molar-refractivity contribution is -0.115. The fraction of sp³-hybridized carbons (Fsp3) is 0.250. The normalized spacial score (nSPS) is 10.0. The summed E-state index contributed by atoms with van der Waals surface area (Å²) in [4.78, 5) is 35.2. The average molecular weight is 385 g/mol. The van der Waals surface area contributed by atoms with Crippen LogP contribution in [0.15, 0.2) is 36.4 Å². The Labute approximate surface area is 163 Å². The maximum absolute atomic E-state index is 12.6. The van der Waals surface area contributed by atoms with E-state index in [1.54, 1.807) is 25.3 Å². The zero-order valence-electron chi connectivity index (χ0n) is 16.2. The van der Waals surface area contributed by atoms with Crippen LogP contribution < -0.4 is 25.4 Å². The molecule has 3 amide bonds. The lowest BCUT2D eigenvalue weighted by atomic mass is 10.1. The second kappa shape index (κ2) is 9.40. The minimum absolute atomic E-state index is 0.263. The van der Waals surface area contributed by atoms with E-state index < -0.39 is 0 Å². The van der Waals surface area contributed by atoms with Crippen molar-refractivity contribution in [1.29, 1.82) is 0 Å². The number of ether oxygens (including phenoxy) is 2. The third-order valence-electron chi connectivity index (χ3n) is 3.74. The predicted octanol–water partition coefficient (Wildman–Crippen LogP) is 2.55. The van der Waals surface area contributed by atoms with Crippen LogP contribution in [0.5, 0.6) is 11.5 Å². The lowest BCUT2D eigenvalue weighted by Crippen LogP contribution is -2.23. The molecule has 0 aromatic heterocycles. The molecule has 0 aliphatic rings.